The van der Waals surface area contributed by atoms with Crippen molar-refractivity contribution >= 4 is 11.6 Å². The molecule has 2 aromatic rings. The maximum absolute atomic E-state index is 13.4. The van der Waals surface area contributed by atoms with Crippen LogP contribution in [0.1, 0.15) is 34.6 Å². The highest BCUT2D eigenvalue weighted by Gasteiger charge is 2.17. The van der Waals surface area contributed by atoms with Crippen LogP contribution in [0.5, 0.6) is 0 Å². The lowest BCUT2D eigenvalue weighted by Crippen LogP contribution is -2.15. The Morgan fingerprint density at radius 3 is 3.05 bits per heavy atom. The zero-order valence-electron chi connectivity index (χ0n) is 11.3. The Kier molecular flexibility index (Phi) is 3.26. The molecule has 4 nitrogen and oxygen atoms in total. The van der Waals surface area contributed by atoms with Crippen molar-refractivity contribution in [2.45, 2.75) is 32.7 Å². The number of benzene rings is 1. The number of nitrogens with one attached hydrogen (secondary N) is 1. The van der Waals surface area contributed by atoms with Crippen LogP contribution < -0.4 is 5.32 Å². The second-order valence-corrected chi connectivity index (χ2v) is 5.07. The van der Waals surface area contributed by atoms with Crippen molar-refractivity contribution < 1.29 is 9.18 Å². The van der Waals surface area contributed by atoms with Crippen LogP contribution in [-0.2, 0) is 13.0 Å². The summed E-state index contributed by atoms with van der Waals surface area (Å²) in [6, 6.07) is 6.46. The Balaban J connectivity index is 1.82. The van der Waals surface area contributed by atoms with Crippen molar-refractivity contribution in [1.82, 2.24) is 9.78 Å². The van der Waals surface area contributed by atoms with Crippen LogP contribution in [0.15, 0.2) is 24.3 Å². The molecule has 5 heteroatoms. The van der Waals surface area contributed by atoms with Crippen LogP contribution >= 0.6 is 0 Å². The fourth-order valence-electron chi connectivity index (χ4n) is 2.46. The van der Waals surface area contributed by atoms with Gasteiger partial charge < -0.3 is 5.32 Å². The van der Waals surface area contributed by atoms with Crippen LogP contribution in [0.2, 0.25) is 0 Å². The lowest BCUT2D eigenvalue weighted by atomic mass is 10.1. The van der Waals surface area contributed by atoms with Crippen LogP contribution in [-0.4, -0.2) is 15.7 Å². The zero-order valence-corrected chi connectivity index (χ0v) is 11.3. The lowest BCUT2D eigenvalue weighted by Gasteiger charge is -2.11. The third-order valence-corrected chi connectivity index (χ3v) is 3.66. The Labute approximate surface area is 116 Å². The summed E-state index contributed by atoms with van der Waals surface area (Å²) < 4.78 is 15.3. The van der Waals surface area contributed by atoms with Crippen molar-refractivity contribution in [2.24, 2.45) is 0 Å². The first-order valence-corrected chi connectivity index (χ1v) is 6.78. The number of rotatable bonds is 2. The molecular formula is C15H16FN3O. The molecule has 0 spiro atoms. The van der Waals surface area contributed by atoms with E-state index in [0.29, 0.717) is 16.9 Å². The minimum atomic E-state index is -0.327. The van der Waals surface area contributed by atoms with E-state index in [1.54, 1.807) is 19.1 Å². The molecule has 20 heavy (non-hydrogen) atoms. The first-order chi connectivity index (χ1) is 9.65. The molecular weight excluding hydrogens is 257 g/mol. The van der Waals surface area contributed by atoms with Gasteiger partial charge in [-0.25, -0.2) is 4.39 Å². The minimum Gasteiger partial charge on any atom is -0.320 e. The molecule has 1 amide bonds. The monoisotopic (exact) mass is 273 g/mol. The predicted octanol–water partition coefficient (Wildman–Crippen LogP) is 2.92. The highest BCUT2D eigenvalue weighted by molar-refractivity contribution is 6.03. The van der Waals surface area contributed by atoms with Gasteiger partial charge in [0.05, 0.1) is 0 Å². The Morgan fingerprint density at radius 1 is 1.40 bits per heavy atom. The summed E-state index contributed by atoms with van der Waals surface area (Å²) in [5.74, 6) is -0.618. The number of aryl methyl sites for hydroxylation is 2. The number of amides is 1. The van der Waals surface area contributed by atoms with Crippen LogP contribution in [0.25, 0.3) is 0 Å². The maximum atomic E-state index is 13.4. The van der Waals surface area contributed by atoms with Crippen molar-refractivity contribution in [1.29, 1.82) is 0 Å². The normalized spacial score (nSPS) is 13.9. The van der Waals surface area contributed by atoms with Gasteiger partial charge in [0, 0.05) is 23.5 Å². The first kappa shape index (κ1) is 12.8. The quantitative estimate of drug-likeness (QED) is 0.914. The van der Waals surface area contributed by atoms with E-state index in [0.717, 1.165) is 31.5 Å². The number of halogens is 1. The first-order valence-electron chi connectivity index (χ1n) is 6.78. The number of carbonyl (C=O) groups excluding carboxylic acids is 1. The highest BCUT2D eigenvalue weighted by Crippen LogP contribution is 2.19. The molecule has 0 unspecified atom stereocenters. The largest absolute Gasteiger partial charge is 0.320 e. The van der Waals surface area contributed by atoms with Gasteiger partial charge in [-0.1, -0.05) is 6.07 Å². The van der Waals surface area contributed by atoms with Gasteiger partial charge in [-0.05, 0) is 44.4 Å². The summed E-state index contributed by atoms with van der Waals surface area (Å²) >= 11 is 0. The topological polar surface area (TPSA) is 46.9 Å². The molecule has 0 fully saturated rings. The average molecular weight is 273 g/mol. The third-order valence-electron chi connectivity index (χ3n) is 3.66. The molecule has 0 atom stereocenters. The molecule has 1 aromatic heterocycles. The van der Waals surface area contributed by atoms with E-state index in [2.05, 4.69) is 10.4 Å². The van der Waals surface area contributed by atoms with Gasteiger partial charge in [-0.2, -0.15) is 5.10 Å². The number of carbonyl (C=O) groups is 1. The van der Waals surface area contributed by atoms with E-state index in [4.69, 9.17) is 0 Å². The number of aromatic nitrogens is 2. The zero-order chi connectivity index (χ0) is 14.1. The van der Waals surface area contributed by atoms with Crippen molar-refractivity contribution in [3.05, 3.63) is 47.0 Å². The Bertz CT molecular complexity index is 640. The second-order valence-electron chi connectivity index (χ2n) is 5.07. The van der Waals surface area contributed by atoms with Gasteiger partial charge in [0.1, 0.15) is 5.82 Å². The van der Waals surface area contributed by atoms with Gasteiger partial charge in [-0.15, -0.1) is 0 Å². The van der Waals surface area contributed by atoms with Crippen LogP contribution in [0, 0.1) is 12.7 Å². The van der Waals surface area contributed by atoms with Gasteiger partial charge in [0.25, 0.3) is 5.91 Å². The highest BCUT2D eigenvalue weighted by atomic mass is 19.1. The second kappa shape index (κ2) is 5.07. The number of hydrogen-bond acceptors (Lipinski definition) is 2. The summed E-state index contributed by atoms with van der Waals surface area (Å²) in [6.45, 7) is 2.50. The number of nitrogens with zero attached hydrogens (tertiary/aromatic N) is 2. The van der Waals surface area contributed by atoms with Gasteiger partial charge in [0.2, 0.25) is 0 Å². The number of hydrogen-bond donors (Lipinski definition) is 1. The molecule has 1 N–H and O–H groups in total. The van der Waals surface area contributed by atoms with Gasteiger partial charge >= 0.3 is 0 Å². The number of anilines is 1. The smallest absolute Gasteiger partial charge is 0.276 e. The molecule has 2 heterocycles. The molecule has 0 saturated heterocycles. The van der Waals surface area contributed by atoms with E-state index in [-0.39, 0.29) is 11.7 Å². The molecule has 0 saturated carbocycles. The van der Waals surface area contributed by atoms with Crippen molar-refractivity contribution in [3.8, 4) is 0 Å². The summed E-state index contributed by atoms with van der Waals surface area (Å²) in [5.41, 5.74) is 2.41. The van der Waals surface area contributed by atoms with E-state index in [1.165, 1.54) is 6.07 Å². The minimum absolute atomic E-state index is 0.291. The summed E-state index contributed by atoms with van der Waals surface area (Å²) in [6.07, 6.45) is 3.19. The molecule has 1 aliphatic heterocycles. The standard InChI is InChI=1S/C15H16FN3O/c1-10-12(16)6-4-7-13(10)17-15(20)14-9-11-5-2-3-8-19(11)18-14/h4,6-7,9H,2-3,5,8H2,1H3,(H,17,20). The summed E-state index contributed by atoms with van der Waals surface area (Å²) in [5, 5.41) is 7.03. The summed E-state index contributed by atoms with van der Waals surface area (Å²) in [4.78, 5) is 12.2. The molecule has 0 aliphatic carbocycles. The van der Waals surface area contributed by atoms with Crippen LogP contribution in [0.3, 0.4) is 0 Å². The predicted molar refractivity (Wildman–Crippen MR) is 74.3 cm³/mol. The SMILES string of the molecule is Cc1c(F)cccc1NC(=O)c1cc2n(n1)CCCC2. The van der Waals surface area contributed by atoms with Crippen molar-refractivity contribution in [3.63, 3.8) is 0 Å². The Hall–Kier alpha value is -2.17. The van der Waals surface area contributed by atoms with E-state index < -0.39 is 0 Å². The fourth-order valence-corrected chi connectivity index (χ4v) is 2.46. The summed E-state index contributed by atoms with van der Waals surface area (Å²) in [7, 11) is 0. The van der Waals surface area contributed by atoms with Gasteiger partial charge in [-0.3, -0.25) is 9.48 Å². The molecule has 3 rings (SSSR count). The van der Waals surface area contributed by atoms with Crippen molar-refractivity contribution in [2.75, 3.05) is 5.32 Å². The average Bonchev–Trinajstić information content (AvgIpc) is 2.88. The Morgan fingerprint density at radius 2 is 2.25 bits per heavy atom. The molecule has 1 aliphatic rings. The maximum Gasteiger partial charge on any atom is 0.276 e. The third kappa shape index (κ3) is 2.31. The fraction of sp³-hybridized carbons (Fsp3) is 0.333. The van der Waals surface area contributed by atoms with Gasteiger partial charge in [0.15, 0.2) is 5.69 Å². The van der Waals surface area contributed by atoms with E-state index in [1.807, 2.05) is 10.7 Å². The number of fused-ring (bicyclic) bond motifs is 1. The molecule has 0 bridgehead atoms. The molecule has 104 valence electrons. The molecule has 1 aromatic carbocycles. The van der Waals surface area contributed by atoms with Crippen LogP contribution in [0.4, 0.5) is 10.1 Å². The van der Waals surface area contributed by atoms with E-state index in [9.17, 15) is 9.18 Å². The van der Waals surface area contributed by atoms with E-state index >= 15 is 0 Å². The lowest BCUT2D eigenvalue weighted by molar-refractivity contribution is 0.102. The molecule has 0 radical (unpaired) electrons.